The molecule has 2 rings (SSSR count). The van der Waals surface area contributed by atoms with Gasteiger partial charge in [-0.25, -0.2) is 9.78 Å². The van der Waals surface area contributed by atoms with Crippen molar-refractivity contribution >= 4 is 34.3 Å². The number of nitrogens with one attached hydrogen (secondary N) is 1. The predicted octanol–water partition coefficient (Wildman–Crippen LogP) is 2.83. The van der Waals surface area contributed by atoms with Gasteiger partial charge in [-0.15, -0.1) is 11.3 Å². The summed E-state index contributed by atoms with van der Waals surface area (Å²) in [5.41, 5.74) is 0.814. The van der Waals surface area contributed by atoms with E-state index in [4.69, 9.17) is 14.2 Å². The Morgan fingerprint density at radius 2 is 1.86 bits per heavy atom. The van der Waals surface area contributed by atoms with Crippen LogP contribution in [0.5, 0.6) is 5.75 Å². The molecule has 1 aromatic heterocycles. The molecule has 28 heavy (non-hydrogen) atoms. The summed E-state index contributed by atoms with van der Waals surface area (Å²) in [4.78, 5) is 39.5. The Morgan fingerprint density at radius 3 is 2.50 bits per heavy atom. The van der Waals surface area contributed by atoms with Gasteiger partial charge in [-0.2, -0.15) is 0 Å². The maximum atomic E-state index is 12.0. The van der Waals surface area contributed by atoms with Crippen LogP contribution in [0.1, 0.15) is 36.8 Å². The van der Waals surface area contributed by atoms with Crippen molar-refractivity contribution in [3.8, 4) is 5.75 Å². The number of thiazole rings is 1. The van der Waals surface area contributed by atoms with Gasteiger partial charge >= 0.3 is 11.9 Å². The number of anilines is 1. The minimum atomic E-state index is -0.617. The average Bonchev–Trinajstić information content (AvgIpc) is 3.06. The first-order valence-electron chi connectivity index (χ1n) is 8.71. The number of aromatic nitrogens is 1. The average molecular weight is 406 g/mol. The second kappa shape index (κ2) is 10.4. The van der Waals surface area contributed by atoms with E-state index in [0.29, 0.717) is 28.7 Å². The van der Waals surface area contributed by atoms with Crippen molar-refractivity contribution in [1.82, 2.24) is 4.98 Å². The van der Waals surface area contributed by atoms with Gasteiger partial charge in [0.05, 0.1) is 30.4 Å². The van der Waals surface area contributed by atoms with Gasteiger partial charge in [-0.3, -0.25) is 14.9 Å². The summed E-state index contributed by atoms with van der Waals surface area (Å²) in [6.45, 7) is 5.38. The number of ether oxygens (including phenoxy) is 3. The van der Waals surface area contributed by atoms with Crippen molar-refractivity contribution in [2.45, 2.75) is 33.3 Å². The second-order valence-corrected chi connectivity index (χ2v) is 6.80. The van der Waals surface area contributed by atoms with Crippen LogP contribution >= 0.6 is 11.3 Å². The van der Waals surface area contributed by atoms with Gasteiger partial charge in [-0.05, 0) is 45.0 Å². The summed E-state index contributed by atoms with van der Waals surface area (Å²) >= 11 is 1.17. The smallest absolute Gasteiger partial charge is 0.338 e. The highest BCUT2D eigenvalue weighted by atomic mass is 32.1. The molecule has 0 radical (unpaired) electrons. The Morgan fingerprint density at radius 1 is 1.14 bits per heavy atom. The number of hydrogen-bond donors (Lipinski definition) is 1. The van der Waals surface area contributed by atoms with E-state index in [2.05, 4.69) is 10.3 Å². The first-order valence-corrected chi connectivity index (χ1v) is 9.59. The molecule has 1 heterocycles. The molecule has 0 aliphatic rings. The summed E-state index contributed by atoms with van der Waals surface area (Å²) in [5, 5.41) is 4.49. The molecule has 9 heteroatoms. The minimum Gasteiger partial charge on any atom is -0.491 e. The van der Waals surface area contributed by atoms with Crippen LogP contribution in [0.3, 0.4) is 0 Å². The summed E-state index contributed by atoms with van der Waals surface area (Å²) in [5.74, 6) is -0.880. The van der Waals surface area contributed by atoms with Crippen molar-refractivity contribution < 1.29 is 28.6 Å². The van der Waals surface area contributed by atoms with E-state index in [1.807, 2.05) is 13.8 Å². The van der Waals surface area contributed by atoms with E-state index in [1.54, 1.807) is 36.6 Å². The Bertz CT molecular complexity index is 816. The van der Waals surface area contributed by atoms with Crippen LogP contribution < -0.4 is 10.1 Å². The van der Waals surface area contributed by atoms with Crippen molar-refractivity contribution in [2.24, 2.45) is 0 Å². The molecule has 0 aliphatic carbocycles. The third-order valence-corrected chi connectivity index (χ3v) is 4.03. The molecule has 0 unspecified atom stereocenters. The molecule has 1 amide bonds. The zero-order valence-corrected chi connectivity index (χ0v) is 16.7. The molecule has 1 N–H and O–H groups in total. The lowest BCUT2D eigenvalue weighted by atomic mass is 10.2. The lowest BCUT2D eigenvalue weighted by Gasteiger charge is -2.10. The Kier molecular flexibility index (Phi) is 7.94. The molecule has 0 saturated heterocycles. The molecule has 8 nitrogen and oxygen atoms in total. The number of rotatable bonds is 9. The number of carbonyl (C=O) groups is 3. The monoisotopic (exact) mass is 406 g/mol. The number of esters is 2. The second-order valence-electron chi connectivity index (χ2n) is 5.94. The van der Waals surface area contributed by atoms with Crippen LogP contribution in [0.2, 0.25) is 0 Å². The molecule has 0 saturated carbocycles. The minimum absolute atomic E-state index is 0.0326. The van der Waals surface area contributed by atoms with E-state index < -0.39 is 18.5 Å². The number of hydrogen-bond acceptors (Lipinski definition) is 8. The van der Waals surface area contributed by atoms with E-state index in [0.717, 1.165) is 0 Å². The third kappa shape index (κ3) is 6.99. The molecule has 1 aromatic carbocycles. The zero-order valence-electron chi connectivity index (χ0n) is 15.9. The standard InChI is InChI=1S/C19H22N2O6S/c1-4-25-17(23)9-14-11-28-19(20-14)21-16(22)10-26-18(24)13-5-7-15(8-6-13)27-12(2)3/h5-8,11-12H,4,9-10H2,1-3H3,(H,20,21,22). The highest BCUT2D eigenvalue weighted by molar-refractivity contribution is 7.13. The Balaban J connectivity index is 1.79. The lowest BCUT2D eigenvalue weighted by Crippen LogP contribution is -2.21. The third-order valence-electron chi connectivity index (χ3n) is 3.23. The predicted molar refractivity (Wildman–Crippen MR) is 104 cm³/mol. The SMILES string of the molecule is CCOC(=O)Cc1csc(NC(=O)COC(=O)c2ccc(OC(C)C)cc2)n1. The number of nitrogens with zero attached hydrogens (tertiary/aromatic N) is 1. The summed E-state index contributed by atoms with van der Waals surface area (Å²) in [7, 11) is 0. The zero-order chi connectivity index (χ0) is 20.5. The van der Waals surface area contributed by atoms with Gasteiger partial charge in [0.25, 0.3) is 5.91 Å². The van der Waals surface area contributed by atoms with E-state index >= 15 is 0 Å². The summed E-state index contributed by atoms with van der Waals surface area (Å²) < 4.78 is 15.3. The normalized spacial score (nSPS) is 10.4. The van der Waals surface area contributed by atoms with Crippen LogP contribution in [-0.2, 0) is 25.5 Å². The van der Waals surface area contributed by atoms with Crippen LogP contribution in [0, 0.1) is 0 Å². The fourth-order valence-corrected chi connectivity index (χ4v) is 2.84. The molecule has 0 aliphatic heterocycles. The van der Waals surface area contributed by atoms with Crippen LogP contribution in [0.4, 0.5) is 5.13 Å². The van der Waals surface area contributed by atoms with Gasteiger partial charge in [0.1, 0.15) is 5.75 Å². The topological polar surface area (TPSA) is 104 Å². The van der Waals surface area contributed by atoms with Crippen molar-refractivity contribution in [1.29, 1.82) is 0 Å². The Hall–Kier alpha value is -2.94. The van der Waals surface area contributed by atoms with Crippen LogP contribution in [0.25, 0.3) is 0 Å². The number of benzene rings is 1. The Labute approximate surface area is 166 Å². The fraction of sp³-hybridized carbons (Fsp3) is 0.368. The highest BCUT2D eigenvalue weighted by Crippen LogP contribution is 2.17. The lowest BCUT2D eigenvalue weighted by molar-refractivity contribution is -0.142. The quantitative estimate of drug-likeness (QED) is 0.639. The molecular weight excluding hydrogens is 384 g/mol. The molecule has 0 bridgehead atoms. The van der Waals surface area contributed by atoms with Crippen molar-refractivity contribution in [3.05, 3.63) is 40.9 Å². The van der Waals surface area contributed by atoms with Gasteiger partial charge in [-0.1, -0.05) is 0 Å². The summed E-state index contributed by atoms with van der Waals surface area (Å²) in [6, 6.07) is 6.47. The summed E-state index contributed by atoms with van der Waals surface area (Å²) in [6.07, 6.45) is 0.0660. The largest absolute Gasteiger partial charge is 0.491 e. The van der Waals surface area contributed by atoms with Crippen molar-refractivity contribution in [2.75, 3.05) is 18.5 Å². The first-order chi connectivity index (χ1) is 13.4. The fourth-order valence-electron chi connectivity index (χ4n) is 2.12. The van der Waals surface area contributed by atoms with E-state index in [-0.39, 0.29) is 18.5 Å². The van der Waals surface area contributed by atoms with Gasteiger partial charge < -0.3 is 14.2 Å². The molecule has 2 aromatic rings. The molecule has 0 fully saturated rings. The van der Waals surface area contributed by atoms with Gasteiger partial charge in [0.2, 0.25) is 0 Å². The maximum absolute atomic E-state index is 12.0. The van der Waals surface area contributed by atoms with Crippen LogP contribution in [-0.4, -0.2) is 42.1 Å². The highest BCUT2D eigenvalue weighted by Gasteiger charge is 2.13. The van der Waals surface area contributed by atoms with Gasteiger partial charge in [0, 0.05) is 5.38 Å². The number of carbonyl (C=O) groups excluding carboxylic acids is 3. The van der Waals surface area contributed by atoms with E-state index in [9.17, 15) is 14.4 Å². The maximum Gasteiger partial charge on any atom is 0.338 e. The van der Waals surface area contributed by atoms with Gasteiger partial charge in [0.15, 0.2) is 11.7 Å². The molecule has 0 atom stereocenters. The first kappa shape index (κ1) is 21.4. The molecule has 0 spiro atoms. The molecule has 150 valence electrons. The van der Waals surface area contributed by atoms with Crippen molar-refractivity contribution in [3.63, 3.8) is 0 Å². The number of amides is 1. The van der Waals surface area contributed by atoms with E-state index in [1.165, 1.54) is 11.3 Å². The molecular formula is C19H22N2O6S. The van der Waals surface area contributed by atoms with Crippen LogP contribution in [0.15, 0.2) is 29.6 Å².